The lowest BCUT2D eigenvalue weighted by Gasteiger charge is -2.17. The lowest BCUT2D eigenvalue weighted by molar-refractivity contribution is 0.0952. The van der Waals surface area contributed by atoms with Crippen molar-refractivity contribution in [2.45, 2.75) is 12.5 Å². The molecule has 1 saturated heterocycles. The van der Waals surface area contributed by atoms with Crippen LogP contribution in [0.25, 0.3) is 0 Å². The summed E-state index contributed by atoms with van der Waals surface area (Å²) in [5, 5.41) is 6.38. The van der Waals surface area contributed by atoms with Gasteiger partial charge in [0.2, 0.25) is 0 Å². The highest BCUT2D eigenvalue weighted by molar-refractivity contribution is 5.96. The molecule has 2 N–H and O–H groups in total. The van der Waals surface area contributed by atoms with E-state index in [1.54, 1.807) is 24.3 Å². The van der Waals surface area contributed by atoms with Crippen LogP contribution in [0.3, 0.4) is 0 Å². The number of carbonyl (C=O) groups excluding carboxylic acids is 1. The summed E-state index contributed by atoms with van der Waals surface area (Å²) in [4.78, 5) is 12.4. The van der Waals surface area contributed by atoms with Gasteiger partial charge in [0, 0.05) is 36.7 Å². The molecule has 2 aromatic rings. The molecular weight excluding hydrogens is 307 g/mol. The summed E-state index contributed by atoms with van der Waals surface area (Å²) in [5.41, 5.74) is 2.23. The molecule has 4 nitrogen and oxygen atoms in total. The summed E-state index contributed by atoms with van der Waals surface area (Å²) < 4.78 is 19.4. The number of hydrogen-bond donors (Lipinski definition) is 2. The van der Waals surface area contributed by atoms with E-state index in [2.05, 4.69) is 10.6 Å². The molecule has 0 bridgehead atoms. The Morgan fingerprint density at radius 2 is 2.00 bits per heavy atom. The van der Waals surface area contributed by atoms with Crippen molar-refractivity contribution in [2.24, 2.45) is 5.92 Å². The Labute approximate surface area is 140 Å². The van der Waals surface area contributed by atoms with Crippen molar-refractivity contribution in [1.82, 2.24) is 10.6 Å². The first-order valence-corrected chi connectivity index (χ1v) is 8.21. The fourth-order valence-electron chi connectivity index (χ4n) is 3.55. The Balaban J connectivity index is 1.58. The van der Waals surface area contributed by atoms with Crippen LogP contribution >= 0.6 is 0 Å². The zero-order chi connectivity index (χ0) is 16.5. The molecule has 0 aliphatic carbocycles. The van der Waals surface area contributed by atoms with Gasteiger partial charge in [-0.3, -0.25) is 4.79 Å². The topological polar surface area (TPSA) is 50.4 Å². The SMILES string of the molecule is O=C1NC[C@@H]2CNCC2c2ccc(OCc3ccccc3F)cc21. The summed E-state index contributed by atoms with van der Waals surface area (Å²) in [6.45, 7) is 2.65. The van der Waals surface area contributed by atoms with E-state index in [-0.39, 0.29) is 18.3 Å². The minimum atomic E-state index is -0.287. The predicted octanol–water partition coefficient (Wildman–Crippen LogP) is 2.45. The average molecular weight is 326 g/mol. The molecule has 2 atom stereocenters. The van der Waals surface area contributed by atoms with Crippen LogP contribution in [0.5, 0.6) is 5.75 Å². The van der Waals surface area contributed by atoms with Crippen molar-refractivity contribution in [3.8, 4) is 5.75 Å². The second kappa shape index (κ2) is 6.24. The Morgan fingerprint density at radius 1 is 1.12 bits per heavy atom. The molecule has 0 saturated carbocycles. The zero-order valence-corrected chi connectivity index (χ0v) is 13.2. The number of hydrogen-bond acceptors (Lipinski definition) is 3. The highest BCUT2D eigenvalue weighted by Crippen LogP contribution is 2.34. The number of carbonyl (C=O) groups is 1. The van der Waals surface area contributed by atoms with Gasteiger partial charge in [0.1, 0.15) is 18.2 Å². The molecule has 0 spiro atoms. The average Bonchev–Trinajstić information content (AvgIpc) is 3.02. The van der Waals surface area contributed by atoms with Crippen molar-refractivity contribution in [2.75, 3.05) is 19.6 Å². The lowest BCUT2D eigenvalue weighted by atomic mass is 9.87. The minimum Gasteiger partial charge on any atom is -0.489 e. The molecular formula is C19H19FN2O2. The van der Waals surface area contributed by atoms with Gasteiger partial charge >= 0.3 is 0 Å². The van der Waals surface area contributed by atoms with E-state index in [0.717, 1.165) is 18.7 Å². The van der Waals surface area contributed by atoms with Gasteiger partial charge in [-0.25, -0.2) is 4.39 Å². The third-order valence-corrected chi connectivity index (χ3v) is 4.89. The minimum absolute atomic E-state index is 0.0595. The van der Waals surface area contributed by atoms with Gasteiger partial charge in [0.05, 0.1) is 0 Å². The summed E-state index contributed by atoms with van der Waals surface area (Å²) in [7, 11) is 0. The maximum Gasteiger partial charge on any atom is 0.251 e. The number of fused-ring (bicyclic) bond motifs is 3. The lowest BCUT2D eigenvalue weighted by Crippen LogP contribution is -2.28. The van der Waals surface area contributed by atoms with Crippen LogP contribution in [0.15, 0.2) is 42.5 Å². The first-order chi connectivity index (χ1) is 11.7. The van der Waals surface area contributed by atoms with E-state index in [4.69, 9.17) is 4.74 Å². The summed E-state index contributed by atoms with van der Waals surface area (Å²) in [6, 6.07) is 12.1. The quantitative estimate of drug-likeness (QED) is 0.911. The molecule has 1 amide bonds. The van der Waals surface area contributed by atoms with E-state index in [0.29, 0.717) is 35.3 Å². The van der Waals surface area contributed by atoms with E-state index in [9.17, 15) is 9.18 Å². The van der Waals surface area contributed by atoms with Crippen molar-refractivity contribution >= 4 is 5.91 Å². The molecule has 1 unspecified atom stereocenters. The molecule has 5 heteroatoms. The number of amides is 1. The van der Waals surface area contributed by atoms with E-state index in [1.165, 1.54) is 6.07 Å². The normalized spacial score (nSPS) is 22.3. The number of benzene rings is 2. The highest BCUT2D eigenvalue weighted by Gasteiger charge is 2.34. The van der Waals surface area contributed by atoms with Crippen LogP contribution in [-0.2, 0) is 6.61 Å². The standard InChI is InChI=1S/C19H19FN2O2/c20-18-4-2-1-3-12(18)11-24-14-5-6-15-16(7-14)19(23)22-9-13-8-21-10-17(13)15/h1-7,13,17,21H,8-11H2,(H,22,23)/t13-,17?/m0/s1. The van der Waals surface area contributed by atoms with Gasteiger partial charge < -0.3 is 15.4 Å². The molecule has 1 fully saturated rings. The van der Waals surface area contributed by atoms with E-state index < -0.39 is 0 Å². The molecule has 124 valence electrons. The van der Waals surface area contributed by atoms with Crippen LogP contribution in [-0.4, -0.2) is 25.5 Å². The second-order valence-electron chi connectivity index (χ2n) is 6.36. The molecule has 0 radical (unpaired) electrons. The Hall–Kier alpha value is -2.40. The second-order valence-corrected chi connectivity index (χ2v) is 6.36. The summed E-state index contributed by atoms with van der Waals surface area (Å²) in [5.74, 6) is 1.01. The van der Waals surface area contributed by atoms with Crippen LogP contribution in [0.2, 0.25) is 0 Å². The van der Waals surface area contributed by atoms with Crippen molar-refractivity contribution in [1.29, 1.82) is 0 Å². The number of ether oxygens (including phenoxy) is 1. The fraction of sp³-hybridized carbons (Fsp3) is 0.316. The van der Waals surface area contributed by atoms with Crippen LogP contribution in [0.1, 0.15) is 27.4 Å². The molecule has 2 aromatic carbocycles. The monoisotopic (exact) mass is 326 g/mol. The maximum absolute atomic E-state index is 13.7. The van der Waals surface area contributed by atoms with E-state index in [1.807, 2.05) is 12.1 Å². The Kier molecular flexibility index (Phi) is 3.94. The summed E-state index contributed by atoms with van der Waals surface area (Å²) >= 11 is 0. The van der Waals surface area contributed by atoms with Gasteiger partial charge in [0.15, 0.2) is 0 Å². The van der Waals surface area contributed by atoms with Crippen molar-refractivity contribution in [3.05, 3.63) is 65.0 Å². The van der Waals surface area contributed by atoms with Crippen LogP contribution in [0, 0.1) is 11.7 Å². The maximum atomic E-state index is 13.7. The van der Waals surface area contributed by atoms with Gasteiger partial charge in [-0.1, -0.05) is 24.3 Å². The molecule has 2 aliphatic heterocycles. The number of nitrogens with one attached hydrogen (secondary N) is 2. The van der Waals surface area contributed by atoms with Gasteiger partial charge in [-0.2, -0.15) is 0 Å². The van der Waals surface area contributed by atoms with Gasteiger partial charge in [-0.05, 0) is 29.7 Å². The smallest absolute Gasteiger partial charge is 0.251 e. The first-order valence-electron chi connectivity index (χ1n) is 8.21. The van der Waals surface area contributed by atoms with E-state index >= 15 is 0 Å². The highest BCUT2D eigenvalue weighted by atomic mass is 19.1. The number of halogens is 1. The fourth-order valence-corrected chi connectivity index (χ4v) is 3.55. The molecule has 0 aromatic heterocycles. The van der Waals surface area contributed by atoms with Crippen LogP contribution in [0.4, 0.5) is 4.39 Å². The number of rotatable bonds is 3. The zero-order valence-electron chi connectivity index (χ0n) is 13.2. The van der Waals surface area contributed by atoms with Gasteiger partial charge in [-0.15, -0.1) is 0 Å². The third-order valence-electron chi connectivity index (χ3n) is 4.89. The van der Waals surface area contributed by atoms with Gasteiger partial charge in [0.25, 0.3) is 5.91 Å². The molecule has 2 heterocycles. The first kappa shape index (κ1) is 15.1. The summed E-state index contributed by atoms with van der Waals surface area (Å²) in [6.07, 6.45) is 0. The molecule has 4 rings (SSSR count). The van der Waals surface area contributed by atoms with Crippen LogP contribution < -0.4 is 15.4 Å². The third kappa shape index (κ3) is 2.76. The largest absolute Gasteiger partial charge is 0.489 e. The molecule has 24 heavy (non-hydrogen) atoms. The van der Waals surface area contributed by atoms with Crippen molar-refractivity contribution < 1.29 is 13.9 Å². The molecule has 2 aliphatic rings. The van der Waals surface area contributed by atoms with Crippen molar-refractivity contribution in [3.63, 3.8) is 0 Å². The predicted molar refractivity (Wildman–Crippen MR) is 88.6 cm³/mol. The Bertz CT molecular complexity index is 778. The Morgan fingerprint density at radius 3 is 2.88 bits per heavy atom.